The van der Waals surface area contributed by atoms with E-state index in [1.807, 2.05) is 6.92 Å². The van der Waals surface area contributed by atoms with Crippen LogP contribution in [0, 0.1) is 13.8 Å². The summed E-state index contributed by atoms with van der Waals surface area (Å²) in [6.45, 7) is 2.19. The Labute approximate surface area is 185 Å². The van der Waals surface area contributed by atoms with Crippen molar-refractivity contribution in [3.63, 3.8) is 0 Å². The Morgan fingerprint density at radius 2 is 1.91 bits per heavy atom. The highest BCUT2D eigenvalue weighted by atomic mass is 32.2. The Kier molecular flexibility index (Phi) is 7.18. The molecule has 0 radical (unpaired) electrons. The molecule has 1 aromatic carbocycles. The summed E-state index contributed by atoms with van der Waals surface area (Å²) in [6, 6.07) is 8.89. The van der Waals surface area contributed by atoms with E-state index < -0.39 is 24.5 Å². The van der Waals surface area contributed by atoms with E-state index in [1.165, 1.54) is 36.0 Å². The van der Waals surface area contributed by atoms with Gasteiger partial charge in [0.25, 0.3) is 11.8 Å². The molecule has 2 amide bonds. The second kappa shape index (κ2) is 9.86. The van der Waals surface area contributed by atoms with Crippen LogP contribution < -0.4 is 10.6 Å². The number of thioether (sulfide) groups is 1. The SMILES string of the molecule is Cc1noc(C)c1CSc1ncccc1C(=O)Nc1cccc(C(=O)NCC(F)(F)F)c1. The van der Waals surface area contributed by atoms with Crippen LogP contribution in [-0.4, -0.2) is 34.7 Å². The highest BCUT2D eigenvalue weighted by Crippen LogP contribution is 2.27. The first-order valence-electron chi connectivity index (χ1n) is 9.40. The molecule has 168 valence electrons. The summed E-state index contributed by atoms with van der Waals surface area (Å²) in [6.07, 6.45) is -2.95. The van der Waals surface area contributed by atoms with Crippen LogP contribution in [0.15, 0.2) is 52.1 Å². The van der Waals surface area contributed by atoms with Gasteiger partial charge in [0.2, 0.25) is 0 Å². The Balaban J connectivity index is 1.71. The van der Waals surface area contributed by atoms with Crippen LogP contribution in [0.3, 0.4) is 0 Å². The standard InChI is InChI=1S/C21H19F3N4O3S/c1-12-17(13(2)31-28-12)10-32-20-16(7-4-8-25-20)19(30)27-15-6-3-5-14(9-15)18(29)26-11-21(22,23)24/h3-9H,10-11H2,1-2H3,(H,26,29)(H,27,30). The normalized spacial score (nSPS) is 11.3. The molecule has 7 nitrogen and oxygen atoms in total. The minimum atomic E-state index is -4.51. The van der Waals surface area contributed by atoms with E-state index >= 15 is 0 Å². The van der Waals surface area contributed by atoms with Crippen molar-refractivity contribution in [3.05, 3.63) is 70.7 Å². The molecule has 2 heterocycles. The minimum Gasteiger partial charge on any atom is -0.361 e. The molecule has 32 heavy (non-hydrogen) atoms. The largest absolute Gasteiger partial charge is 0.405 e. The van der Waals surface area contributed by atoms with Gasteiger partial charge in [-0.3, -0.25) is 9.59 Å². The molecule has 0 saturated heterocycles. The van der Waals surface area contributed by atoms with Gasteiger partial charge < -0.3 is 15.2 Å². The summed E-state index contributed by atoms with van der Waals surface area (Å²) in [5, 5.41) is 8.85. The number of hydrogen-bond acceptors (Lipinski definition) is 6. The fourth-order valence-electron chi connectivity index (χ4n) is 2.75. The lowest BCUT2D eigenvalue weighted by Crippen LogP contribution is -2.33. The maximum atomic E-state index is 12.8. The minimum absolute atomic E-state index is 0.00811. The predicted molar refractivity (Wildman–Crippen MR) is 113 cm³/mol. The molecular formula is C21H19F3N4O3S. The molecule has 11 heteroatoms. The van der Waals surface area contributed by atoms with Gasteiger partial charge in [-0.2, -0.15) is 13.2 Å². The number of pyridine rings is 1. The van der Waals surface area contributed by atoms with Crippen LogP contribution in [0.25, 0.3) is 0 Å². The quantitative estimate of drug-likeness (QED) is 0.499. The van der Waals surface area contributed by atoms with Crippen LogP contribution in [0.2, 0.25) is 0 Å². The Morgan fingerprint density at radius 3 is 2.59 bits per heavy atom. The first-order chi connectivity index (χ1) is 15.1. The first kappa shape index (κ1) is 23.3. The Morgan fingerprint density at radius 1 is 1.12 bits per heavy atom. The fraction of sp³-hybridized carbons (Fsp3) is 0.238. The van der Waals surface area contributed by atoms with Crippen molar-refractivity contribution < 1.29 is 27.3 Å². The number of alkyl halides is 3. The summed E-state index contributed by atoms with van der Waals surface area (Å²) in [4.78, 5) is 29.1. The number of aryl methyl sites for hydroxylation is 2. The molecule has 0 spiro atoms. The van der Waals surface area contributed by atoms with Gasteiger partial charge in [-0.1, -0.05) is 11.2 Å². The third kappa shape index (κ3) is 6.10. The highest BCUT2D eigenvalue weighted by molar-refractivity contribution is 7.98. The Hall–Kier alpha value is -3.34. The van der Waals surface area contributed by atoms with Crippen LogP contribution >= 0.6 is 11.8 Å². The number of hydrogen-bond donors (Lipinski definition) is 2. The number of halogens is 3. The molecule has 0 aliphatic carbocycles. The van der Waals surface area contributed by atoms with Gasteiger partial charge in [-0.25, -0.2) is 4.98 Å². The number of nitrogens with zero attached hydrogens (tertiary/aromatic N) is 2. The number of nitrogens with one attached hydrogen (secondary N) is 2. The number of anilines is 1. The van der Waals surface area contributed by atoms with E-state index in [0.29, 0.717) is 22.1 Å². The molecule has 3 rings (SSSR count). The van der Waals surface area contributed by atoms with Gasteiger partial charge in [0.1, 0.15) is 17.3 Å². The van der Waals surface area contributed by atoms with Gasteiger partial charge in [-0.05, 0) is 44.2 Å². The van der Waals surface area contributed by atoms with Crippen LogP contribution in [0.1, 0.15) is 37.7 Å². The molecule has 2 N–H and O–H groups in total. The topological polar surface area (TPSA) is 97.1 Å². The van der Waals surface area contributed by atoms with Gasteiger partial charge in [0.05, 0.1) is 11.3 Å². The number of benzene rings is 1. The second-order valence-corrected chi connectivity index (χ2v) is 7.74. The van der Waals surface area contributed by atoms with E-state index in [0.717, 1.165) is 11.3 Å². The van der Waals surface area contributed by atoms with Crippen molar-refractivity contribution in [1.29, 1.82) is 0 Å². The zero-order valence-corrected chi connectivity index (χ0v) is 17.9. The lowest BCUT2D eigenvalue weighted by molar-refractivity contribution is -0.123. The highest BCUT2D eigenvalue weighted by Gasteiger charge is 2.28. The summed E-state index contributed by atoms with van der Waals surface area (Å²) in [7, 11) is 0. The van der Waals surface area contributed by atoms with Crippen molar-refractivity contribution in [2.24, 2.45) is 0 Å². The van der Waals surface area contributed by atoms with Gasteiger partial charge >= 0.3 is 6.18 Å². The summed E-state index contributed by atoms with van der Waals surface area (Å²) < 4.78 is 42.1. The average molecular weight is 464 g/mol. The molecule has 0 unspecified atom stereocenters. The summed E-state index contributed by atoms with van der Waals surface area (Å²) in [5.74, 6) is -0.159. The zero-order valence-electron chi connectivity index (χ0n) is 17.1. The lowest BCUT2D eigenvalue weighted by Gasteiger charge is -2.11. The van der Waals surface area contributed by atoms with Crippen molar-refractivity contribution in [1.82, 2.24) is 15.5 Å². The monoisotopic (exact) mass is 464 g/mol. The molecule has 0 aliphatic rings. The maximum absolute atomic E-state index is 12.8. The molecule has 0 bridgehead atoms. The number of carbonyl (C=O) groups excluding carboxylic acids is 2. The van der Waals surface area contributed by atoms with Crippen molar-refractivity contribution in [2.75, 3.05) is 11.9 Å². The summed E-state index contributed by atoms with van der Waals surface area (Å²) >= 11 is 1.35. The van der Waals surface area contributed by atoms with E-state index in [9.17, 15) is 22.8 Å². The summed E-state index contributed by atoms with van der Waals surface area (Å²) in [5.41, 5.74) is 2.25. The third-order valence-corrected chi connectivity index (χ3v) is 5.41. The van der Waals surface area contributed by atoms with Gasteiger partial charge in [-0.15, -0.1) is 11.8 Å². The maximum Gasteiger partial charge on any atom is 0.405 e. The Bertz CT molecular complexity index is 1110. The van der Waals surface area contributed by atoms with Crippen molar-refractivity contribution in [3.8, 4) is 0 Å². The molecule has 0 aliphatic heterocycles. The first-order valence-corrected chi connectivity index (χ1v) is 10.4. The van der Waals surface area contributed by atoms with Crippen molar-refractivity contribution >= 4 is 29.3 Å². The number of amides is 2. The molecule has 3 aromatic rings. The smallest absolute Gasteiger partial charge is 0.361 e. The average Bonchev–Trinajstić information content (AvgIpc) is 3.07. The second-order valence-electron chi connectivity index (χ2n) is 6.78. The molecule has 2 aromatic heterocycles. The van der Waals surface area contributed by atoms with Gasteiger partial charge in [0, 0.05) is 28.8 Å². The van der Waals surface area contributed by atoms with E-state index in [1.54, 1.807) is 30.6 Å². The number of aromatic nitrogens is 2. The zero-order chi connectivity index (χ0) is 23.3. The molecule has 0 saturated carbocycles. The fourth-order valence-corrected chi connectivity index (χ4v) is 3.89. The van der Waals surface area contributed by atoms with E-state index in [4.69, 9.17) is 4.52 Å². The third-order valence-electron chi connectivity index (χ3n) is 4.38. The molecule has 0 fully saturated rings. The van der Waals surface area contributed by atoms with Crippen molar-refractivity contribution in [2.45, 2.75) is 30.8 Å². The van der Waals surface area contributed by atoms with Crippen LogP contribution in [-0.2, 0) is 5.75 Å². The van der Waals surface area contributed by atoms with Crippen LogP contribution in [0.5, 0.6) is 0 Å². The van der Waals surface area contributed by atoms with E-state index in [-0.39, 0.29) is 11.3 Å². The molecule has 0 atom stereocenters. The lowest BCUT2D eigenvalue weighted by atomic mass is 10.1. The van der Waals surface area contributed by atoms with E-state index in [2.05, 4.69) is 15.5 Å². The molecular weight excluding hydrogens is 445 g/mol. The number of rotatable bonds is 7. The number of carbonyl (C=O) groups is 2. The van der Waals surface area contributed by atoms with Crippen LogP contribution in [0.4, 0.5) is 18.9 Å². The predicted octanol–water partition coefficient (Wildman–Crippen LogP) is 4.52. The van der Waals surface area contributed by atoms with Gasteiger partial charge in [0.15, 0.2) is 0 Å².